The Balaban J connectivity index is 1.56. The summed E-state index contributed by atoms with van der Waals surface area (Å²) in [6.07, 6.45) is 0.469. The van der Waals surface area contributed by atoms with Crippen molar-refractivity contribution in [1.29, 1.82) is 5.26 Å². The van der Waals surface area contributed by atoms with Gasteiger partial charge in [0.1, 0.15) is 0 Å². The maximum atomic E-state index is 13.6. The van der Waals surface area contributed by atoms with Crippen molar-refractivity contribution in [3.05, 3.63) is 62.8 Å². The molecular weight excluding hydrogens is 484 g/mol. The molecule has 0 spiro atoms. The summed E-state index contributed by atoms with van der Waals surface area (Å²) in [7, 11) is 0. The van der Waals surface area contributed by atoms with Gasteiger partial charge in [0, 0.05) is 51.2 Å². The van der Waals surface area contributed by atoms with Gasteiger partial charge in [0.15, 0.2) is 5.78 Å². The van der Waals surface area contributed by atoms with E-state index >= 15 is 0 Å². The fourth-order valence-electron chi connectivity index (χ4n) is 5.19. The van der Waals surface area contributed by atoms with Gasteiger partial charge in [0.05, 0.1) is 22.9 Å². The number of H-pyrrole nitrogens is 1. The van der Waals surface area contributed by atoms with Gasteiger partial charge in [-0.05, 0) is 58.6 Å². The van der Waals surface area contributed by atoms with E-state index in [2.05, 4.69) is 57.1 Å². The predicted octanol–water partition coefficient (Wildman–Crippen LogP) is 4.91. The van der Waals surface area contributed by atoms with Crippen molar-refractivity contribution in [2.45, 2.75) is 38.1 Å². The van der Waals surface area contributed by atoms with Gasteiger partial charge in [-0.3, -0.25) is 4.79 Å². The monoisotopic (exact) mass is 506 g/mol. The van der Waals surface area contributed by atoms with Crippen molar-refractivity contribution in [1.82, 2.24) is 10.3 Å². The molecule has 2 heterocycles. The molecule has 2 aliphatic rings. The van der Waals surface area contributed by atoms with Crippen LogP contribution in [0.4, 0.5) is 10.5 Å². The summed E-state index contributed by atoms with van der Waals surface area (Å²) in [4.78, 5) is 30.3. The highest BCUT2D eigenvalue weighted by Crippen LogP contribution is 2.46. The summed E-state index contributed by atoms with van der Waals surface area (Å²) >= 11 is 3.68. The first-order valence-electron chi connectivity index (χ1n) is 10.9. The molecule has 2 aromatic carbocycles. The minimum atomic E-state index is -0.986. The second-order valence-corrected chi connectivity index (χ2v) is 10.1. The number of aromatic amines is 1. The van der Waals surface area contributed by atoms with E-state index in [4.69, 9.17) is 5.11 Å². The number of aromatic nitrogens is 1. The Bertz CT molecular complexity index is 1360. The van der Waals surface area contributed by atoms with Gasteiger partial charge in [-0.25, -0.2) is 4.79 Å². The number of carboxylic acid groups (broad SMARTS) is 1. The van der Waals surface area contributed by atoms with Crippen molar-refractivity contribution < 1.29 is 14.7 Å². The number of nitrogens with one attached hydrogen (secondary N) is 2. The number of carbonyl (C=O) groups excluding carboxylic acids is 1. The second-order valence-electron chi connectivity index (χ2n) is 9.26. The lowest BCUT2D eigenvalue weighted by atomic mass is 9.71. The van der Waals surface area contributed by atoms with Gasteiger partial charge in [0.25, 0.3) is 0 Å². The maximum Gasteiger partial charge on any atom is 0.404 e. The minimum absolute atomic E-state index is 0.0214. The number of carbonyl (C=O) groups is 2. The molecule has 0 unspecified atom stereocenters. The summed E-state index contributed by atoms with van der Waals surface area (Å²) in [5, 5.41) is 21.7. The molecule has 1 saturated heterocycles. The molecule has 0 radical (unpaired) electrons. The topological polar surface area (TPSA) is 109 Å². The van der Waals surface area contributed by atoms with Crippen molar-refractivity contribution in [2.24, 2.45) is 0 Å². The quantitative estimate of drug-likeness (QED) is 0.457. The van der Waals surface area contributed by atoms with E-state index in [0.717, 1.165) is 58.3 Å². The summed E-state index contributed by atoms with van der Waals surface area (Å²) in [6, 6.07) is 11.5. The third kappa shape index (κ3) is 3.39. The molecule has 7 nitrogen and oxygen atoms in total. The van der Waals surface area contributed by atoms with Gasteiger partial charge in [0.2, 0.25) is 0 Å². The van der Waals surface area contributed by atoms with E-state index in [9.17, 15) is 14.9 Å². The molecule has 1 aliphatic carbocycles. The largest absolute Gasteiger partial charge is 0.465 e. The highest BCUT2D eigenvalue weighted by Gasteiger charge is 2.40. The van der Waals surface area contributed by atoms with Crippen LogP contribution in [0, 0.1) is 11.3 Å². The number of nitriles is 1. The number of piperidine rings is 1. The first kappa shape index (κ1) is 21.5. The number of hydrogen-bond acceptors (Lipinski definition) is 4. The molecule has 3 N–H and O–H groups in total. The van der Waals surface area contributed by atoms with Gasteiger partial charge in [-0.2, -0.15) is 5.26 Å². The third-order valence-electron chi connectivity index (χ3n) is 6.95. The van der Waals surface area contributed by atoms with Crippen molar-refractivity contribution >= 4 is 44.4 Å². The fraction of sp³-hybridized carbons (Fsp3) is 0.320. The molecule has 1 amide bonds. The zero-order valence-electron chi connectivity index (χ0n) is 18.3. The molecule has 0 atom stereocenters. The molecule has 1 aromatic heterocycles. The van der Waals surface area contributed by atoms with Crippen LogP contribution in [0.1, 0.15) is 59.4 Å². The van der Waals surface area contributed by atoms with Crippen LogP contribution in [0.3, 0.4) is 0 Å². The zero-order chi connectivity index (χ0) is 23.5. The fourth-order valence-corrected chi connectivity index (χ4v) is 5.78. The number of amides is 1. The van der Waals surface area contributed by atoms with E-state index in [1.807, 2.05) is 12.1 Å². The summed E-state index contributed by atoms with van der Waals surface area (Å²) in [5.74, 6) is -0.0214. The van der Waals surface area contributed by atoms with Gasteiger partial charge in [-0.15, -0.1) is 0 Å². The Morgan fingerprint density at radius 2 is 2.00 bits per heavy atom. The Kier molecular flexibility index (Phi) is 4.98. The number of benzene rings is 2. The van der Waals surface area contributed by atoms with Crippen LogP contribution in [0.5, 0.6) is 0 Å². The number of rotatable bonds is 2. The van der Waals surface area contributed by atoms with Crippen LogP contribution in [0.15, 0.2) is 34.8 Å². The second kappa shape index (κ2) is 7.63. The maximum absolute atomic E-state index is 13.6. The summed E-state index contributed by atoms with van der Waals surface area (Å²) in [6.45, 7) is 5.67. The molecule has 8 heteroatoms. The van der Waals surface area contributed by atoms with Crippen LogP contribution in [-0.2, 0) is 5.41 Å². The Hall–Kier alpha value is -3.31. The van der Waals surface area contributed by atoms with Gasteiger partial charge < -0.3 is 20.3 Å². The van der Waals surface area contributed by atoms with E-state index in [-0.39, 0.29) is 11.8 Å². The predicted molar refractivity (Wildman–Crippen MR) is 129 cm³/mol. The Morgan fingerprint density at radius 3 is 2.67 bits per heavy atom. The van der Waals surface area contributed by atoms with E-state index in [1.165, 1.54) is 0 Å². The number of nitrogens with zero attached hydrogens (tertiary/aromatic N) is 2. The molecular formula is C25H23BrN4O3. The van der Waals surface area contributed by atoms with E-state index in [1.54, 1.807) is 12.1 Å². The lowest BCUT2D eigenvalue weighted by molar-refractivity contribution is 0.103. The highest BCUT2D eigenvalue weighted by molar-refractivity contribution is 9.10. The first-order valence-corrected chi connectivity index (χ1v) is 11.7. The average Bonchev–Trinajstić information content (AvgIpc) is 3.17. The minimum Gasteiger partial charge on any atom is -0.465 e. The number of anilines is 1. The number of hydrogen-bond donors (Lipinski definition) is 3. The third-order valence-corrected chi connectivity index (χ3v) is 7.58. The van der Waals surface area contributed by atoms with Crippen molar-refractivity contribution in [3.8, 4) is 6.07 Å². The Morgan fingerprint density at radius 1 is 1.27 bits per heavy atom. The van der Waals surface area contributed by atoms with Crippen LogP contribution in [0.25, 0.3) is 10.9 Å². The smallest absolute Gasteiger partial charge is 0.404 e. The zero-order valence-corrected chi connectivity index (χ0v) is 19.9. The lowest BCUT2D eigenvalue weighted by Crippen LogP contribution is -2.44. The molecule has 168 valence electrons. The van der Waals surface area contributed by atoms with Crippen molar-refractivity contribution in [3.63, 3.8) is 0 Å². The Labute approximate surface area is 199 Å². The normalized spacial score (nSPS) is 17.4. The molecule has 1 aliphatic heterocycles. The number of fused-ring (bicyclic) bond motifs is 4. The molecule has 0 bridgehead atoms. The highest BCUT2D eigenvalue weighted by atomic mass is 79.9. The SMILES string of the molecule is CC1(C)c2cc(N3CCC(NC(=O)O)CC3)c(Br)cc2C(=O)c2c1[nH]c1cc(C#N)ccc21. The number of halogens is 1. The molecule has 5 rings (SSSR count). The van der Waals surface area contributed by atoms with Crippen LogP contribution in [0.2, 0.25) is 0 Å². The van der Waals surface area contributed by atoms with E-state index in [0.29, 0.717) is 16.7 Å². The summed E-state index contributed by atoms with van der Waals surface area (Å²) in [5.41, 5.74) is 5.08. The van der Waals surface area contributed by atoms with Crippen LogP contribution < -0.4 is 10.2 Å². The molecule has 1 fully saturated rings. The summed E-state index contributed by atoms with van der Waals surface area (Å²) < 4.78 is 0.852. The molecule has 0 saturated carbocycles. The van der Waals surface area contributed by atoms with Gasteiger partial charge in [-0.1, -0.05) is 19.9 Å². The van der Waals surface area contributed by atoms with E-state index < -0.39 is 11.5 Å². The molecule has 3 aromatic rings. The van der Waals surface area contributed by atoms with Crippen LogP contribution >= 0.6 is 15.9 Å². The van der Waals surface area contributed by atoms with Crippen LogP contribution in [-0.4, -0.2) is 41.1 Å². The van der Waals surface area contributed by atoms with Gasteiger partial charge >= 0.3 is 6.09 Å². The van der Waals surface area contributed by atoms with Crippen molar-refractivity contribution in [2.75, 3.05) is 18.0 Å². The number of ketones is 1. The average molecular weight is 507 g/mol. The standard InChI is InChI=1S/C25H23BrN4O3/c1-25(2)17-11-20(30-7-5-14(6-8-30)28-24(32)33)18(26)10-16(17)22(31)21-15-4-3-13(12-27)9-19(15)29-23(21)25/h3-4,9-11,14,28-29H,5-8H2,1-2H3,(H,32,33). The molecule has 33 heavy (non-hydrogen) atoms. The first-order chi connectivity index (χ1) is 15.7. The lowest BCUT2D eigenvalue weighted by Gasteiger charge is -2.37.